The number of hydrogen-bond acceptors (Lipinski definition) is 2. The highest BCUT2D eigenvalue weighted by atomic mass is 19.4. The van der Waals surface area contributed by atoms with E-state index in [0.29, 0.717) is 18.7 Å². The van der Waals surface area contributed by atoms with Crippen LogP contribution in [-0.2, 0) is 17.1 Å². The molecule has 3 nitrogen and oxygen atoms in total. The molecule has 0 radical (unpaired) electrons. The van der Waals surface area contributed by atoms with Crippen LogP contribution in [0.25, 0.3) is 0 Å². The van der Waals surface area contributed by atoms with Crippen molar-refractivity contribution in [3.63, 3.8) is 0 Å². The van der Waals surface area contributed by atoms with Crippen LogP contribution in [-0.4, -0.2) is 19.0 Å². The Balaban J connectivity index is 2.21. The maximum Gasteiger partial charge on any atom is 0.416 e. The lowest BCUT2D eigenvalue weighted by Gasteiger charge is -2.15. The first-order valence-corrected chi connectivity index (χ1v) is 6.86. The molecule has 1 heterocycles. The molecular formula is C14H14F6N2O. The summed E-state index contributed by atoms with van der Waals surface area (Å²) in [5.74, 6) is -0.575. The van der Waals surface area contributed by atoms with Crippen LogP contribution in [0.3, 0.4) is 0 Å². The Bertz CT molecular complexity index is 543. The van der Waals surface area contributed by atoms with Crippen molar-refractivity contribution in [3.05, 3.63) is 29.3 Å². The van der Waals surface area contributed by atoms with Crippen molar-refractivity contribution in [1.82, 2.24) is 5.32 Å². The van der Waals surface area contributed by atoms with Crippen LogP contribution >= 0.6 is 0 Å². The number of halogens is 6. The normalized spacial score (nSPS) is 19.0. The number of anilines is 1. The molecule has 1 fully saturated rings. The molecule has 128 valence electrons. The smallest absolute Gasteiger partial charge is 0.326 e. The number of benzene rings is 1. The van der Waals surface area contributed by atoms with E-state index in [-0.39, 0.29) is 18.4 Å². The molecule has 2 N–H and O–H groups in total. The summed E-state index contributed by atoms with van der Waals surface area (Å²) in [6, 6.07) is 1.02. The van der Waals surface area contributed by atoms with Crippen molar-refractivity contribution >= 4 is 11.6 Å². The second kappa shape index (κ2) is 6.38. The van der Waals surface area contributed by atoms with Gasteiger partial charge in [-0.25, -0.2) is 0 Å². The molecule has 0 bridgehead atoms. The Morgan fingerprint density at radius 3 is 2.09 bits per heavy atom. The maximum atomic E-state index is 12.7. The minimum atomic E-state index is -4.93. The van der Waals surface area contributed by atoms with Crippen molar-refractivity contribution in [2.75, 3.05) is 18.4 Å². The van der Waals surface area contributed by atoms with Crippen LogP contribution in [0.4, 0.5) is 32.0 Å². The molecule has 0 aliphatic carbocycles. The molecule has 1 atom stereocenters. The average molecular weight is 340 g/mol. The van der Waals surface area contributed by atoms with Gasteiger partial charge < -0.3 is 10.6 Å². The molecule has 2 rings (SSSR count). The van der Waals surface area contributed by atoms with Crippen molar-refractivity contribution in [2.45, 2.75) is 25.2 Å². The quantitative estimate of drug-likeness (QED) is 0.825. The molecular weight excluding hydrogens is 326 g/mol. The van der Waals surface area contributed by atoms with E-state index in [1.54, 1.807) is 0 Å². The Kier molecular flexibility index (Phi) is 4.88. The summed E-state index contributed by atoms with van der Waals surface area (Å²) in [4.78, 5) is 11.8. The number of nitrogens with one attached hydrogen (secondary N) is 2. The zero-order valence-corrected chi connectivity index (χ0v) is 11.8. The molecule has 9 heteroatoms. The average Bonchev–Trinajstić information content (AvgIpc) is 2.88. The lowest BCUT2D eigenvalue weighted by molar-refractivity contribution is -0.143. The van der Waals surface area contributed by atoms with Gasteiger partial charge in [-0.05, 0) is 43.6 Å². The molecule has 1 aromatic carbocycles. The van der Waals surface area contributed by atoms with Gasteiger partial charge in [0.05, 0.1) is 11.1 Å². The van der Waals surface area contributed by atoms with Crippen molar-refractivity contribution < 1.29 is 31.1 Å². The van der Waals surface area contributed by atoms with Crippen molar-refractivity contribution in [2.24, 2.45) is 5.92 Å². The van der Waals surface area contributed by atoms with E-state index in [2.05, 4.69) is 10.6 Å². The summed E-state index contributed by atoms with van der Waals surface area (Å²) in [6.45, 7) is 1.34. The van der Waals surface area contributed by atoms with Gasteiger partial charge in [-0.1, -0.05) is 0 Å². The Hall–Kier alpha value is -1.77. The van der Waals surface area contributed by atoms with Gasteiger partial charge >= 0.3 is 12.4 Å². The van der Waals surface area contributed by atoms with Gasteiger partial charge in [0, 0.05) is 12.1 Å². The molecule has 1 unspecified atom stereocenters. The zero-order chi connectivity index (χ0) is 17.3. The SMILES string of the molecule is O=C(CC1CCNC1)Nc1cc(C(F)(F)F)cc(C(F)(F)F)c1. The predicted octanol–water partition coefficient (Wildman–Crippen LogP) is 3.66. The van der Waals surface area contributed by atoms with Gasteiger partial charge in [0.1, 0.15) is 0 Å². The second-order valence-corrected chi connectivity index (χ2v) is 5.41. The molecule has 1 saturated heterocycles. The first kappa shape index (κ1) is 17.6. The largest absolute Gasteiger partial charge is 0.416 e. The molecule has 0 aromatic heterocycles. The molecule has 1 aromatic rings. The summed E-state index contributed by atoms with van der Waals surface area (Å²) < 4.78 is 76.3. The van der Waals surface area contributed by atoms with Gasteiger partial charge in [0.25, 0.3) is 0 Å². The van der Waals surface area contributed by atoms with Gasteiger partial charge in [0.2, 0.25) is 5.91 Å². The summed E-state index contributed by atoms with van der Waals surface area (Å²) in [5.41, 5.74) is -3.42. The second-order valence-electron chi connectivity index (χ2n) is 5.41. The van der Waals surface area contributed by atoms with Crippen LogP contribution < -0.4 is 10.6 Å². The summed E-state index contributed by atoms with van der Waals surface area (Å²) in [5, 5.41) is 5.15. The molecule has 23 heavy (non-hydrogen) atoms. The maximum absolute atomic E-state index is 12.7. The number of amides is 1. The minimum Gasteiger partial charge on any atom is -0.326 e. The van der Waals surface area contributed by atoms with E-state index in [1.807, 2.05) is 0 Å². The molecule has 0 spiro atoms. The van der Waals surface area contributed by atoms with E-state index in [0.717, 1.165) is 13.0 Å². The standard InChI is InChI=1S/C14H14F6N2O/c15-13(16,17)9-4-10(14(18,19)20)6-11(5-9)22-12(23)3-8-1-2-21-7-8/h4-6,8,21H,1-3,7H2,(H,22,23). The summed E-state index contributed by atoms with van der Waals surface area (Å²) in [7, 11) is 0. The third kappa shape index (κ3) is 4.85. The fraction of sp³-hybridized carbons (Fsp3) is 0.500. The molecule has 1 aliphatic rings. The number of carbonyl (C=O) groups is 1. The van der Waals surface area contributed by atoms with Gasteiger partial charge in [-0.3, -0.25) is 4.79 Å². The monoisotopic (exact) mass is 340 g/mol. The summed E-state index contributed by atoms with van der Waals surface area (Å²) in [6.07, 6.45) is -9.08. The first-order valence-electron chi connectivity index (χ1n) is 6.86. The minimum absolute atomic E-state index is 0.0244. The lowest BCUT2D eigenvalue weighted by atomic mass is 10.0. The van der Waals surface area contributed by atoms with Crippen LogP contribution in [0, 0.1) is 5.92 Å². The number of carbonyl (C=O) groups excluding carboxylic acids is 1. The molecule has 1 aliphatic heterocycles. The number of rotatable bonds is 3. The molecule has 0 saturated carbocycles. The van der Waals surface area contributed by atoms with Crippen LogP contribution in [0.2, 0.25) is 0 Å². The third-order valence-corrected chi connectivity index (χ3v) is 3.51. The summed E-state index contributed by atoms with van der Waals surface area (Å²) >= 11 is 0. The van der Waals surface area contributed by atoms with E-state index in [1.165, 1.54) is 0 Å². The predicted molar refractivity (Wildman–Crippen MR) is 70.7 cm³/mol. The van der Waals surface area contributed by atoms with E-state index in [4.69, 9.17) is 0 Å². The highest BCUT2D eigenvalue weighted by Crippen LogP contribution is 2.37. The van der Waals surface area contributed by atoms with Crippen LogP contribution in [0.1, 0.15) is 24.0 Å². The Morgan fingerprint density at radius 1 is 1.09 bits per heavy atom. The fourth-order valence-corrected chi connectivity index (χ4v) is 2.39. The highest BCUT2D eigenvalue weighted by Gasteiger charge is 2.37. The Morgan fingerprint density at radius 2 is 1.65 bits per heavy atom. The van der Waals surface area contributed by atoms with E-state index < -0.39 is 35.1 Å². The first-order chi connectivity index (χ1) is 10.6. The van der Waals surface area contributed by atoms with Gasteiger partial charge in [0.15, 0.2) is 0 Å². The Labute approximate surface area is 128 Å². The van der Waals surface area contributed by atoms with Gasteiger partial charge in [-0.15, -0.1) is 0 Å². The van der Waals surface area contributed by atoms with Crippen LogP contribution in [0.15, 0.2) is 18.2 Å². The molecule has 1 amide bonds. The zero-order valence-electron chi connectivity index (χ0n) is 11.8. The topological polar surface area (TPSA) is 41.1 Å². The van der Waals surface area contributed by atoms with Crippen molar-refractivity contribution in [1.29, 1.82) is 0 Å². The number of alkyl halides is 6. The third-order valence-electron chi connectivity index (χ3n) is 3.51. The highest BCUT2D eigenvalue weighted by molar-refractivity contribution is 5.91. The lowest BCUT2D eigenvalue weighted by Crippen LogP contribution is -2.19. The van der Waals surface area contributed by atoms with E-state index >= 15 is 0 Å². The fourth-order valence-electron chi connectivity index (χ4n) is 2.39. The van der Waals surface area contributed by atoms with Crippen molar-refractivity contribution in [3.8, 4) is 0 Å². The van der Waals surface area contributed by atoms with E-state index in [9.17, 15) is 31.1 Å². The number of hydrogen-bond donors (Lipinski definition) is 2. The van der Waals surface area contributed by atoms with Crippen LogP contribution in [0.5, 0.6) is 0 Å². The van der Waals surface area contributed by atoms with Gasteiger partial charge in [-0.2, -0.15) is 26.3 Å².